The fourth-order valence-electron chi connectivity index (χ4n) is 2.28. The molecule has 0 unspecified atom stereocenters. The maximum absolute atomic E-state index is 4.66. The van der Waals surface area contributed by atoms with Crippen LogP contribution < -0.4 is 5.32 Å². The molecule has 5 heteroatoms. The van der Waals surface area contributed by atoms with Gasteiger partial charge < -0.3 is 9.88 Å². The van der Waals surface area contributed by atoms with Gasteiger partial charge >= 0.3 is 0 Å². The number of hydrogen-bond donors (Lipinski definition) is 1. The molecule has 104 valence electrons. The van der Waals surface area contributed by atoms with Crippen LogP contribution in [0.5, 0.6) is 0 Å². The molecule has 2 aromatic heterocycles. The lowest BCUT2D eigenvalue weighted by Gasteiger charge is -2.12. The van der Waals surface area contributed by atoms with Crippen LogP contribution in [0.1, 0.15) is 44.1 Å². The van der Waals surface area contributed by atoms with Gasteiger partial charge in [-0.1, -0.05) is 13.8 Å². The van der Waals surface area contributed by atoms with Crippen molar-refractivity contribution < 1.29 is 0 Å². The summed E-state index contributed by atoms with van der Waals surface area (Å²) >= 11 is 0. The predicted octanol–water partition coefficient (Wildman–Crippen LogP) is 2.21. The molecule has 0 aliphatic carbocycles. The van der Waals surface area contributed by atoms with Crippen molar-refractivity contribution >= 4 is 0 Å². The summed E-state index contributed by atoms with van der Waals surface area (Å²) in [6.07, 6.45) is 8.25. The van der Waals surface area contributed by atoms with E-state index in [9.17, 15) is 0 Å². The lowest BCUT2D eigenvalue weighted by atomic mass is 10.2. The standard InChI is InChI=1S/C14H23N5/c1-4-14(5-2)19-7-6-12(17-19)9-18-10-13(8-15-3)16-11-18/h6-7,10-11,14-15H,4-5,8-9H2,1-3H3. The van der Waals surface area contributed by atoms with Gasteiger partial charge in [0.05, 0.1) is 30.3 Å². The van der Waals surface area contributed by atoms with Crippen molar-refractivity contribution in [2.75, 3.05) is 7.05 Å². The number of nitrogens with zero attached hydrogens (tertiary/aromatic N) is 4. The van der Waals surface area contributed by atoms with Gasteiger partial charge in [0, 0.05) is 18.9 Å². The van der Waals surface area contributed by atoms with Crippen molar-refractivity contribution in [3.8, 4) is 0 Å². The van der Waals surface area contributed by atoms with Crippen molar-refractivity contribution in [2.45, 2.75) is 45.8 Å². The maximum Gasteiger partial charge on any atom is 0.0953 e. The minimum atomic E-state index is 0.511. The summed E-state index contributed by atoms with van der Waals surface area (Å²) in [4.78, 5) is 4.34. The molecular weight excluding hydrogens is 238 g/mol. The molecule has 0 bridgehead atoms. The Morgan fingerprint density at radius 2 is 2.05 bits per heavy atom. The van der Waals surface area contributed by atoms with Gasteiger partial charge in [-0.3, -0.25) is 4.68 Å². The van der Waals surface area contributed by atoms with Gasteiger partial charge in [0.2, 0.25) is 0 Å². The topological polar surface area (TPSA) is 47.7 Å². The molecule has 19 heavy (non-hydrogen) atoms. The Hall–Kier alpha value is -1.62. The number of hydrogen-bond acceptors (Lipinski definition) is 3. The van der Waals surface area contributed by atoms with E-state index in [4.69, 9.17) is 0 Å². The zero-order valence-corrected chi connectivity index (χ0v) is 12.0. The molecule has 0 saturated carbocycles. The third kappa shape index (κ3) is 3.44. The number of imidazole rings is 1. The molecule has 2 heterocycles. The van der Waals surface area contributed by atoms with Gasteiger partial charge in [-0.05, 0) is 26.0 Å². The summed E-state index contributed by atoms with van der Waals surface area (Å²) in [5.74, 6) is 0. The molecule has 0 spiro atoms. The zero-order valence-electron chi connectivity index (χ0n) is 12.0. The lowest BCUT2D eigenvalue weighted by molar-refractivity contribution is 0.424. The normalized spacial score (nSPS) is 11.4. The van der Waals surface area contributed by atoms with Crippen LogP contribution in [0.2, 0.25) is 0 Å². The van der Waals surface area contributed by atoms with E-state index >= 15 is 0 Å². The van der Waals surface area contributed by atoms with E-state index in [1.54, 1.807) is 0 Å². The zero-order chi connectivity index (χ0) is 13.7. The predicted molar refractivity (Wildman–Crippen MR) is 75.9 cm³/mol. The van der Waals surface area contributed by atoms with Crippen LogP contribution in [-0.2, 0) is 13.1 Å². The van der Waals surface area contributed by atoms with Crippen molar-refractivity contribution in [3.63, 3.8) is 0 Å². The number of rotatable bonds is 7. The molecule has 0 atom stereocenters. The van der Waals surface area contributed by atoms with Crippen molar-refractivity contribution in [3.05, 3.63) is 36.2 Å². The SMILES string of the molecule is CCC(CC)n1ccc(Cn2cnc(CNC)c2)n1. The Balaban J connectivity index is 2.02. The number of aromatic nitrogens is 4. The molecule has 0 amide bonds. The van der Waals surface area contributed by atoms with E-state index in [-0.39, 0.29) is 0 Å². The second-order valence-electron chi connectivity index (χ2n) is 4.83. The van der Waals surface area contributed by atoms with Gasteiger partial charge in [0.25, 0.3) is 0 Å². The molecule has 0 aromatic carbocycles. The van der Waals surface area contributed by atoms with Crippen LogP contribution in [0.3, 0.4) is 0 Å². The van der Waals surface area contributed by atoms with Gasteiger partial charge in [-0.15, -0.1) is 0 Å². The van der Waals surface area contributed by atoms with Gasteiger partial charge in [-0.2, -0.15) is 5.10 Å². The summed E-state index contributed by atoms with van der Waals surface area (Å²) < 4.78 is 4.16. The Morgan fingerprint density at radius 3 is 2.74 bits per heavy atom. The molecule has 2 rings (SSSR count). The third-order valence-corrected chi connectivity index (χ3v) is 3.37. The highest BCUT2D eigenvalue weighted by Crippen LogP contribution is 2.14. The van der Waals surface area contributed by atoms with Crippen LogP contribution in [0.4, 0.5) is 0 Å². The molecule has 0 radical (unpaired) electrons. The summed E-state index contributed by atoms with van der Waals surface area (Å²) in [6, 6.07) is 2.60. The van der Waals surface area contributed by atoms with E-state index in [2.05, 4.69) is 57.0 Å². The number of nitrogens with one attached hydrogen (secondary N) is 1. The van der Waals surface area contributed by atoms with Crippen molar-refractivity contribution in [1.29, 1.82) is 0 Å². The minimum absolute atomic E-state index is 0.511. The highest BCUT2D eigenvalue weighted by molar-refractivity contribution is 5.03. The molecule has 2 aromatic rings. The molecule has 0 fully saturated rings. The minimum Gasteiger partial charge on any atom is -0.331 e. The molecule has 0 aliphatic rings. The van der Waals surface area contributed by atoms with Gasteiger partial charge in [0.1, 0.15) is 0 Å². The van der Waals surface area contributed by atoms with Gasteiger partial charge in [-0.25, -0.2) is 4.98 Å². The Kier molecular flexibility index (Phi) is 4.74. The lowest BCUT2D eigenvalue weighted by Crippen LogP contribution is -2.08. The monoisotopic (exact) mass is 261 g/mol. The molecule has 0 aliphatic heterocycles. The second-order valence-corrected chi connectivity index (χ2v) is 4.83. The van der Waals surface area contributed by atoms with Crippen LogP contribution in [-0.4, -0.2) is 26.4 Å². The van der Waals surface area contributed by atoms with Gasteiger partial charge in [0.15, 0.2) is 0 Å². The summed E-state index contributed by atoms with van der Waals surface area (Å²) in [6.45, 7) is 5.99. The second kappa shape index (κ2) is 6.52. The Labute approximate surface area is 114 Å². The smallest absolute Gasteiger partial charge is 0.0953 e. The van der Waals surface area contributed by atoms with E-state index in [0.717, 1.165) is 37.3 Å². The van der Waals surface area contributed by atoms with Crippen molar-refractivity contribution in [2.24, 2.45) is 0 Å². The van der Waals surface area contributed by atoms with Crippen LogP contribution >= 0.6 is 0 Å². The molecule has 5 nitrogen and oxygen atoms in total. The summed E-state index contributed by atoms with van der Waals surface area (Å²) in [5.41, 5.74) is 2.14. The fourth-order valence-corrected chi connectivity index (χ4v) is 2.28. The first kappa shape index (κ1) is 13.8. The average molecular weight is 261 g/mol. The first-order valence-corrected chi connectivity index (χ1v) is 6.96. The highest BCUT2D eigenvalue weighted by atomic mass is 15.3. The van der Waals surface area contributed by atoms with Crippen molar-refractivity contribution in [1.82, 2.24) is 24.6 Å². The van der Waals surface area contributed by atoms with Crippen LogP contribution in [0.25, 0.3) is 0 Å². The summed E-state index contributed by atoms with van der Waals surface area (Å²) in [5, 5.41) is 7.76. The van der Waals surface area contributed by atoms with E-state index in [1.165, 1.54) is 0 Å². The Bertz CT molecular complexity index is 495. The molecular formula is C14H23N5. The van der Waals surface area contributed by atoms with E-state index < -0.39 is 0 Å². The third-order valence-electron chi connectivity index (χ3n) is 3.37. The van der Waals surface area contributed by atoms with E-state index in [1.807, 2.05) is 13.4 Å². The molecule has 1 N–H and O–H groups in total. The fraction of sp³-hybridized carbons (Fsp3) is 0.571. The Morgan fingerprint density at radius 1 is 1.26 bits per heavy atom. The van der Waals surface area contributed by atoms with E-state index in [0.29, 0.717) is 6.04 Å². The van der Waals surface area contributed by atoms with Crippen LogP contribution in [0, 0.1) is 0 Å². The van der Waals surface area contributed by atoms with Crippen LogP contribution in [0.15, 0.2) is 24.8 Å². The first-order chi connectivity index (χ1) is 9.26. The molecule has 0 saturated heterocycles. The quantitative estimate of drug-likeness (QED) is 0.831. The largest absolute Gasteiger partial charge is 0.331 e. The average Bonchev–Trinajstić information content (AvgIpc) is 3.02. The highest BCUT2D eigenvalue weighted by Gasteiger charge is 2.08. The maximum atomic E-state index is 4.66. The first-order valence-electron chi connectivity index (χ1n) is 6.96. The summed E-state index contributed by atoms with van der Waals surface area (Å²) in [7, 11) is 1.93.